The van der Waals surface area contributed by atoms with Crippen LogP contribution in [0.1, 0.15) is 49.9 Å². The first kappa shape index (κ1) is 25.6. The van der Waals surface area contributed by atoms with Crippen LogP contribution in [0.5, 0.6) is 0 Å². The second-order valence-electron chi connectivity index (χ2n) is 9.83. The summed E-state index contributed by atoms with van der Waals surface area (Å²) < 4.78 is 0. The van der Waals surface area contributed by atoms with Gasteiger partial charge in [0.2, 0.25) is 0 Å². The molecule has 1 spiro atoms. The molecule has 0 atom stereocenters. The standard InChI is InChI=1S/C35H23N.2C2H6/c1-2-10-24-21-25(18-17-23(24)9-1)36-26-19-20-30-29-13-5-8-16-33(29)35(34(30)22-26)31-14-6-3-11-27(31)28-12-4-7-15-32(28)35;2*1-2/h1-22,36H;2*1-2H3. The van der Waals surface area contributed by atoms with E-state index in [4.69, 9.17) is 0 Å². The SMILES string of the molecule is CC.CC.c1ccc2c(c1)-c1ccccc1C21c2ccccc2-c2ccc(Nc3ccc4ccccc4c3)cc21. The van der Waals surface area contributed by atoms with Gasteiger partial charge in [-0.2, -0.15) is 0 Å². The Morgan fingerprint density at radius 3 is 1.38 bits per heavy atom. The van der Waals surface area contributed by atoms with E-state index in [1.54, 1.807) is 0 Å². The molecule has 2 aliphatic rings. The second kappa shape index (κ2) is 10.5. The fourth-order valence-corrected chi connectivity index (χ4v) is 6.61. The summed E-state index contributed by atoms with van der Waals surface area (Å²) in [6, 6.07) is 48.8. The fourth-order valence-electron chi connectivity index (χ4n) is 6.61. The van der Waals surface area contributed by atoms with E-state index in [1.165, 1.54) is 55.3 Å². The molecule has 8 rings (SSSR count). The van der Waals surface area contributed by atoms with Gasteiger partial charge in [0.15, 0.2) is 0 Å². The Kier molecular flexibility index (Phi) is 6.74. The van der Waals surface area contributed by atoms with Crippen molar-refractivity contribution >= 4 is 22.1 Å². The zero-order valence-electron chi connectivity index (χ0n) is 23.7. The molecule has 0 heterocycles. The molecule has 0 saturated carbocycles. The highest BCUT2D eigenvalue weighted by atomic mass is 14.9. The van der Waals surface area contributed by atoms with Crippen molar-refractivity contribution < 1.29 is 0 Å². The van der Waals surface area contributed by atoms with E-state index < -0.39 is 0 Å². The van der Waals surface area contributed by atoms with E-state index in [0.717, 1.165) is 11.4 Å². The van der Waals surface area contributed by atoms with Gasteiger partial charge >= 0.3 is 0 Å². The van der Waals surface area contributed by atoms with Crippen molar-refractivity contribution in [1.29, 1.82) is 0 Å². The number of nitrogens with one attached hydrogen (secondary N) is 1. The molecule has 0 bridgehead atoms. The van der Waals surface area contributed by atoms with Crippen LogP contribution in [0.4, 0.5) is 11.4 Å². The predicted molar refractivity (Wildman–Crippen MR) is 173 cm³/mol. The quantitative estimate of drug-likeness (QED) is 0.240. The maximum atomic E-state index is 3.71. The largest absolute Gasteiger partial charge is 0.355 e. The second-order valence-corrected chi connectivity index (χ2v) is 9.83. The van der Waals surface area contributed by atoms with E-state index in [9.17, 15) is 0 Å². The Labute approximate surface area is 238 Å². The monoisotopic (exact) mass is 517 g/mol. The third kappa shape index (κ3) is 3.69. The maximum Gasteiger partial charge on any atom is 0.0726 e. The summed E-state index contributed by atoms with van der Waals surface area (Å²) in [4.78, 5) is 0. The molecule has 1 N–H and O–H groups in total. The molecule has 1 nitrogen and oxygen atoms in total. The lowest BCUT2D eigenvalue weighted by atomic mass is 9.70. The van der Waals surface area contributed by atoms with E-state index in [0.29, 0.717) is 0 Å². The van der Waals surface area contributed by atoms with Gasteiger partial charge < -0.3 is 5.32 Å². The number of anilines is 2. The first-order chi connectivity index (χ1) is 19.8. The van der Waals surface area contributed by atoms with Gasteiger partial charge in [-0.05, 0) is 79.5 Å². The van der Waals surface area contributed by atoms with E-state index in [1.807, 2.05) is 27.7 Å². The highest BCUT2D eigenvalue weighted by Gasteiger charge is 2.51. The predicted octanol–water partition coefficient (Wildman–Crippen LogP) is 11.0. The summed E-state index contributed by atoms with van der Waals surface area (Å²) in [6.07, 6.45) is 0. The molecule has 2 aliphatic carbocycles. The Morgan fingerprint density at radius 2 is 0.800 bits per heavy atom. The molecular formula is C39H35N. The van der Waals surface area contributed by atoms with Gasteiger partial charge in [-0.25, -0.2) is 0 Å². The van der Waals surface area contributed by atoms with Crippen molar-refractivity contribution in [2.24, 2.45) is 0 Å². The zero-order chi connectivity index (χ0) is 27.7. The Balaban J connectivity index is 0.000000694. The Bertz CT molecular complexity index is 1760. The van der Waals surface area contributed by atoms with Crippen LogP contribution >= 0.6 is 0 Å². The number of fused-ring (bicyclic) bond motifs is 11. The van der Waals surface area contributed by atoms with Gasteiger partial charge in [-0.1, -0.05) is 137 Å². The molecule has 40 heavy (non-hydrogen) atoms. The minimum atomic E-state index is -0.305. The third-order valence-corrected chi connectivity index (χ3v) is 8.04. The highest BCUT2D eigenvalue weighted by molar-refractivity contribution is 5.96. The van der Waals surface area contributed by atoms with E-state index in [2.05, 4.69) is 139 Å². The molecule has 0 radical (unpaired) electrons. The molecule has 0 amide bonds. The highest BCUT2D eigenvalue weighted by Crippen LogP contribution is 2.62. The average Bonchev–Trinajstić information content (AvgIpc) is 3.50. The van der Waals surface area contributed by atoms with Gasteiger partial charge in [0, 0.05) is 11.4 Å². The topological polar surface area (TPSA) is 12.0 Å². The number of rotatable bonds is 2. The van der Waals surface area contributed by atoms with Crippen LogP contribution < -0.4 is 5.32 Å². The van der Waals surface area contributed by atoms with Crippen molar-refractivity contribution in [2.45, 2.75) is 33.1 Å². The summed E-state index contributed by atoms with van der Waals surface area (Å²) in [7, 11) is 0. The van der Waals surface area contributed by atoms with Crippen molar-refractivity contribution in [2.75, 3.05) is 5.32 Å². The van der Waals surface area contributed by atoms with Crippen LogP contribution in [0, 0.1) is 0 Å². The van der Waals surface area contributed by atoms with Gasteiger partial charge in [0.25, 0.3) is 0 Å². The summed E-state index contributed by atoms with van der Waals surface area (Å²) in [5.41, 5.74) is 12.7. The average molecular weight is 518 g/mol. The number of hydrogen-bond donors (Lipinski definition) is 1. The van der Waals surface area contributed by atoms with Crippen LogP contribution in [0.3, 0.4) is 0 Å². The zero-order valence-corrected chi connectivity index (χ0v) is 23.7. The van der Waals surface area contributed by atoms with Crippen LogP contribution in [-0.2, 0) is 5.41 Å². The van der Waals surface area contributed by atoms with Gasteiger partial charge in [-0.15, -0.1) is 0 Å². The van der Waals surface area contributed by atoms with Crippen molar-refractivity contribution in [3.05, 3.63) is 156 Å². The van der Waals surface area contributed by atoms with Gasteiger partial charge in [0.1, 0.15) is 0 Å². The Hall–Kier alpha value is -4.62. The smallest absolute Gasteiger partial charge is 0.0726 e. The Morgan fingerprint density at radius 1 is 0.375 bits per heavy atom. The van der Waals surface area contributed by atoms with Crippen LogP contribution in [-0.4, -0.2) is 0 Å². The summed E-state index contributed by atoms with van der Waals surface area (Å²) >= 11 is 0. The fraction of sp³-hybridized carbons (Fsp3) is 0.128. The van der Waals surface area contributed by atoms with Gasteiger partial charge in [-0.3, -0.25) is 0 Å². The molecule has 0 unspecified atom stereocenters. The lowest BCUT2D eigenvalue weighted by Crippen LogP contribution is -2.25. The van der Waals surface area contributed by atoms with Crippen molar-refractivity contribution in [3.63, 3.8) is 0 Å². The van der Waals surface area contributed by atoms with Crippen molar-refractivity contribution in [3.8, 4) is 22.3 Å². The minimum Gasteiger partial charge on any atom is -0.355 e. The maximum absolute atomic E-state index is 3.71. The van der Waals surface area contributed by atoms with E-state index in [-0.39, 0.29) is 5.41 Å². The van der Waals surface area contributed by atoms with Crippen molar-refractivity contribution in [1.82, 2.24) is 0 Å². The molecule has 0 saturated heterocycles. The summed E-state index contributed by atoms with van der Waals surface area (Å²) in [5, 5.41) is 6.20. The third-order valence-electron chi connectivity index (χ3n) is 8.04. The molecular weight excluding hydrogens is 482 g/mol. The summed E-state index contributed by atoms with van der Waals surface area (Å²) in [6.45, 7) is 8.00. The van der Waals surface area contributed by atoms with Crippen LogP contribution in [0.15, 0.2) is 133 Å². The molecule has 0 fully saturated rings. The number of benzene rings is 6. The molecule has 0 aromatic heterocycles. The lowest BCUT2D eigenvalue weighted by molar-refractivity contribution is 0.794. The summed E-state index contributed by atoms with van der Waals surface area (Å²) in [5.74, 6) is 0. The molecule has 196 valence electrons. The van der Waals surface area contributed by atoms with Crippen LogP contribution in [0.2, 0.25) is 0 Å². The van der Waals surface area contributed by atoms with E-state index >= 15 is 0 Å². The first-order valence-electron chi connectivity index (χ1n) is 14.5. The first-order valence-corrected chi connectivity index (χ1v) is 14.5. The minimum absolute atomic E-state index is 0.305. The molecule has 6 aromatic rings. The van der Waals surface area contributed by atoms with Gasteiger partial charge in [0.05, 0.1) is 5.41 Å². The lowest BCUT2D eigenvalue weighted by Gasteiger charge is -2.30. The molecule has 0 aliphatic heterocycles. The number of hydrogen-bond acceptors (Lipinski definition) is 1. The molecule has 6 aromatic carbocycles. The van der Waals surface area contributed by atoms with Crippen LogP contribution in [0.25, 0.3) is 33.0 Å². The normalized spacial score (nSPS) is 12.7. The molecule has 1 heteroatoms.